The lowest BCUT2D eigenvalue weighted by Gasteiger charge is -2.07. The summed E-state index contributed by atoms with van der Waals surface area (Å²) in [6.07, 6.45) is 0.659. The van der Waals surface area contributed by atoms with Crippen molar-refractivity contribution in [1.29, 1.82) is 0 Å². The highest BCUT2D eigenvalue weighted by Crippen LogP contribution is 2.35. The van der Waals surface area contributed by atoms with Crippen molar-refractivity contribution in [1.82, 2.24) is 19.1 Å². The highest BCUT2D eigenvalue weighted by atomic mass is 35.5. The molecular weight excluding hydrogens is 454 g/mol. The number of nitro groups is 1. The van der Waals surface area contributed by atoms with Gasteiger partial charge in [0.1, 0.15) is 5.76 Å². The van der Waals surface area contributed by atoms with E-state index < -0.39 is 16.2 Å². The van der Waals surface area contributed by atoms with Gasteiger partial charge in [0.05, 0.1) is 17.1 Å². The van der Waals surface area contributed by atoms with Crippen LogP contribution in [0.15, 0.2) is 44.3 Å². The van der Waals surface area contributed by atoms with Crippen LogP contribution in [0.25, 0.3) is 34.1 Å². The van der Waals surface area contributed by atoms with Gasteiger partial charge in [0, 0.05) is 31.3 Å². The molecule has 0 fully saturated rings. The minimum absolute atomic E-state index is 0.204. The summed E-state index contributed by atoms with van der Waals surface area (Å²) in [6.45, 7) is 2.82. The van der Waals surface area contributed by atoms with Crippen LogP contribution in [-0.2, 0) is 17.8 Å². The smallest absolute Gasteiger partial charge is 0.330 e. The topological polar surface area (TPSA) is 138 Å². The maximum absolute atomic E-state index is 12.7. The number of hydrogen-bond donors (Lipinski definition) is 1. The van der Waals surface area contributed by atoms with Gasteiger partial charge in [-0.3, -0.25) is 24.5 Å². The van der Waals surface area contributed by atoms with Crippen LogP contribution < -0.4 is 11.2 Å². The molecule has 0 amide bonds. The Balaban J connectivity index is 1.93. The lowest BCUT2D eigenvalue weighted by molar-refractivity contribution is -0.384. The number of H-pyrrole nitrogens is 1. The van der Waals surface area contributed by atoms with Gasteiger partial charge in [-0.15, -0.1) is 0 Å². The lowest BCUT2D eigenvalue weighted by atomic mass is 10.1. The molecule has 0 atom stereocenters. The van der Waals surface area contributed by atoms with Crippen LogP contribution in [-0.4, -0.2) is 37.7 Å². The molecule has 33 heavy (non-hydrogen) atoms. The van der Waals surface area contributed by atoms with Crippen molar-refractivity contribution in [2.75, 3.05) is 13.7 Å². The first kappa shape index (κ1) is 22.5. The van der Waals surface area contributed by atoms with Crippen molar-refractivity contribution in [3.63, 3.8) is 0 Å². The fraction of sp³-hybridized carbons (Fsp3) is 0.286. The van der Waals surface area contributed by atoms with E-state index in [1.165, 1.54) is 29.9 Å². The number of aromatic nitrogens is 4. The lowest BCUT2D eigenvalue weighted by Crippen LogP contribution is -2.31. The van der Waals surface area contributed by atoms with Crippen LogP contribution in [0.2, 0.25) is 5.02 Å². The van der Waals surface area contributed by atoms with Crippen LogP contribution >= 0.6 is 11.6 Å². The molecule has 12 heteroatoms. The molecular formula is C21H20ClN5O6. The highest BCUT2D eigenvalue weighted by molar-refractivity contribution is 6.30. The first-order chi connectivity index (χ1) is 15.8. The van der Waals surface area contributed by atoms with E-state index in [4.69, 9.17) is 20.8 Å². The van der Waals surface area contributed by atoms with Crippen LogP contribution in [0.3, 0.4) is 0 Å². The monoisotopic (exact) mass is 473 g/mol. The second-order valence-corrected chi connectivity index (χ2v) is 7.68. The molecule has 0 aliphatic heterocycles. The molecule has 0 spiro atoms. The third kappa shape index (κ3) is 4.08. The van der Waals surface area contributed by atoms with Gasteiger partial charge in [0.25, 0.3) is 11.2 Å². The maximum atomic E-state index is 12.7. The van der Waals surface area contributed by atoms with Crippen molar-refractivity contribution < 1.29 is 14.1 Å². The van der Waals surface area contributed by atoms with Gasteiger partial charge < -0.3 is 13.7 Å². The van der Waals surface area contributed by atoms with Gasteiger partial charge in [0.15, 0.2) is 22.7 Å². The molecule has 0 aliphatic rings. The first-order valence-corrected chi connectivity index (χ1v) is 10.5. The minimum atomic E-state index is -0.572. The molecule has 0 aliphatic carbocycles. The van der Waals surface area contributed by atoms with Crippen LogP contribution in [0.4, 0.5) is 5.69 Å². The summed E-state index contributed by atoms with van der Waals surface area (Å²) in [5.41, 5.74) is -0.635. The molecule has 3 heterocycles. The number of nitrogens with zero attached hydrogens (tertiary/aromatic N) is 4. The average Bonchev–Trinajstić information content (AvgIpc) is 3.40. The normalized spacial score (nSPS) is 11.4. The van der Waals surface area contributed by atoms with Crippen LogP contribution in [0.5, 0.6) is 0 Å². The Morgan fingerprint density at radius 3 is 2.64 bits per heavy atom. The predicted octanol–water partition coefficient (Wildman–Crippen LogP) is 3.43. The number of imidazole rings is 1. The molecule has 1 N–H and O–H groups in total. The van der Waals surface area contributed by atoms with E-state index in [1.54, 1.807) is 16.7 Å². The van der Waals surface area contributed by atoms with Gasteiger partial charge >= 0.3 is 5.69 Å². The largest absolute Gasteiger partial charge is 0.453 e. The summed E-state index contributed by atoms with van der Waals surface area (Å²) in [7, 11) is 1.53. The third-order valence-electron chi connectivity index (χ3n) is 5.10. The fourth-order valence-electron chi connectivity index (χ4n) is 3.66. The van der Waals surface area contributed by atoms with E-state index in [-0.39, 0.29) is 52.1 Å². The summed E-state index contributed by atoms with van der Waals surface area (Å²) >= 11 is 5.91. The number of ether oxygens (including phenoxy) is 1. The fourth-order valence-corrected chi connectivity index (χ4v) is 3.83. The molecule has 0 radical (unpaired) electrons. The Hall–Kier alpha value is -3.70. The quantitative estimate of drug-likeness (QED) is 0.305. The zero-order valence-electron chi connectivity index (χ0n) is 17.8. The second kappa shape index (κ2) is 9.04. The standard InChI is InChI=1S/C21H20ClN5O6/c1-3-8-26-19-17(20(28)24-21(26)29)25(9-10-32-2)18(23-19)16-7-6-15(33-16)13-5-4-12(22)11-14(13)27(30)31/h4-7,11H,3,8-10H2,1-2H3,(H,24,28,29). The average molecular weight is 474 g/mol. The highest BCUT2D eigenvalue weighted by Gasteiger charge is 2.23. The zero-order valence-corrected chi connectivity index (χ0v) is 18.6. The van der Waals surface area contributed by atoms with Crippen molar-refractivity contribution >= 4 is 28.5 Å². The van der Waals surface area contributed by atoms with Gasteiger partial charge in [-0.05, 0) is 30.7 Å². The third-order valence-corrected chi connectivity index (χ3v) is 5.34. The van der Waals surface area contributed by atoms with Gasteiger partial charge in [-0.25, -0.2) is 9.78 Å². The van der Waals surface area contributed by atoms with Crippen molar-refractivity contribution in [3.05, 3.63) is 66.3 Å². The number of nitrogens with one attached hydrogen (secondary N) is 1. The predicted molar refractivity (Wildman–Crippen MR) is 122 cm³/mol. The van der Waals surface area contributed by atoms with Gasteiger partial charge in [-0.1, -0.05) is 18.5 Å². The van der Waals surface area contributed by atoms with Crippen molar-refractivity contribution in [3.8, 4) is 22.9 Å². The van der Waals surface area contributed by atoms with E-state index in [2.05, 4.69) is 9.97 Å². The van der Waals surface area contributed by atoms with Crippen LogP contribution in [0.1, 0.15) is 13.3 Å². The molecule has 0 unspecified atom stereocenters. The molecule has 0 bridgehead atoms. The van der Waals surface area contributed by atoms with Crippen LogP contribution in [0, 0.1) is 10.1 Å². The molecule has 0 saturated carbocycles. The van der Waals surface area contributed by atoms with E-state index in [9.17, 15) is 19.7 Å². The second-order valence-electron chi connectivity index (χ2n) is 7.25. The Bertz CT molecular complexity index is 1460. The number of rotatable bonds is 8. The molecule has 172 valence electrons. The number of hydrogen-bond acceptors (Lipinski definition) is 7. The number of fused-ring (bicyclic) bond motifs is 1. The molecule has 4 rings (SSSR count). The number of aryl methyl sites for hydroxylation is 1. The number of halogens is 1. The number of furan rings is 1. The number of benzene rings is 1. The van der Waals surface area contributed by atoms with Gasteiger partial charge in [-0.2, -0.15) is 0 Å². The van der Waals surface area contributed by atoms with Crippen molar-refractivity contribution in [2.24, 2.45) is 0 Å². The van der Waals surface area contributed by atoms with E-state index in [0.29, 0.717) is 18.8 Å². The SMILES string of the molecule is CCCn1c(=O)[nH]c(=O)c2c1nc(-c1ccc(-c3ccc(Cl)cc3[N+](=O)[O-])o1)n2CCOC. The number of nitro benzene ring substituents is 1. The molecule has 4 aromatic rings. The number of aromatic amines is 1. The summed E-state index contributed by atoms with van der Waals surface area (Å²) in [5.74, 6) is 0.806. The van der Waals surface area contributed by atoms with E-state index >= 15 is 0 Å². The van der Waals surface area contributed by atoms with E-state index in [0.717, 1.165) is 0 Å². The summed E-state index contributed by atoms with van der Waals surface area (Å²) < 4.78 is 14.1. The zero-order chi connectivity index (χ0) is 23.7. The summed E-state index contributed by atoms with van der Waals surface area (Å²) in [5, 5.41) is 11.7. The molecule has 11 nitrogen and oxygen atoms in total. The molecule has 0 saturated heterocycles. The van der Waals surface area contributed by atoms with Gasteiger partial charge in [0.2, 0.25) is 0 Å². The van der Waals surface area contributed by atoms with E-state index in [1.807, 2.05) is 6.92 Å². The summed E-state index contributed by atoms with van der Waals surface area (Å²) in [6, 6.07) is 7.46. The Morgan fingerprint density at radius 1 is 1.18 bits per heavy atom. The Labute approximate surface area is 191 Å². The first-order valence-electron chi connectivity index (χ1n) is 10.1. The Morgan fingerprint density at radius 2 is 1.94 bits per heavy atom. The Kier molecular flexibility index (Phi) is 6.16. The maximum Gasteiger partial charge on any atom is 0.330 e. The summed E-state index contributed by atoms with van der Waals surface area (Å²) in [4.78, 5) is 42.9. The van der Waals surface area contributed by atoms with Crippen molar-refractivity contribution in [2.45, 2.75) is 26.4 Å². The molecule has 1 aromatic carbocycles. The molecule has 3 aromatic heterocycles. The number of methoxy groups -OCH3 is 1. The minimum Gasteiger partial charge on any atom is -0.453 e.